The molecule has 3 heterocycles. The van der Waals surface area contributed by atoms with Crippen LogP contribution in [0.5, 0.6) is 0 Å². The third-order valence-electron chi connectivity index (χ3n) is 5.64. The molecule has 0 amide bonds. The summed E-state index contributed by atoms with van der Waals surface area (Å²) in [6.45, 7) is 3.42. The first-order valence-electron chi connectivity index (χ1n) is 9.36. The number of ether oxygens (including phenoxy) is 1. The van der Waals surface area contributed by atoms with Gasteiger partial charge in [0, 0.05) is 26.1 Å². The Hall–Kier alpha value is -2.25. The van der Waals surface area contributed by atoms with E-state index in [4.69, 9.17) is 9.72 Å². The first kappa shape index (κ1) is 16.0. The molecular weight excluding hydrogens is 328 g/mol. The van der Waals surface area contributed by atoms with E-state index in [1.807, 2.05) is 12.1 Å². The minimum Gasteiger partial charge on any atom is -0.377 e. The third kappa shape index (κ3) is 3.01. The average molecular weight is 352 g/mol. The van der Waals surface area contributed by atoms with Gasteiger partial charge in [-0.15, -0.1) is 0 Å². The van der Waals surface area contributed by atoms with Crippen molar-refractivity contribution >= 4 is 11.0 Å². The second kappa shape index (κ2) is 6.48. The smallest absolute Gasteiger partial charge is 0.155 e. The minimum atomic E-state index is 0.397. The lowest BCUT2D eigenvalue weighted by atomic mass is 9.91. The molecule has 1 saturated carbocycles. The number of likely N-dealkylation sites (tertiary alicyclic amines) is 1. The standard InChI is InChI=1S/C19H24N6O/c1-26-11-18-22-19(24-23-18)14-9-25(8-13(14)12-6-7-12)10-17-20-15-4-2-3-5-16(15)21-17/h2-5,12-14H,6-11H2,1H3,(H,20,21)(H,22,23,24)/t13-,14+/m1/s1. The molecular formula is C19H24N6O. The summed E-state index contributed by atoms with van der Waals surface area (Å²) in [5.41, 5.74) is 2.14. The largest absolute Gasteiger partial charge is 0.377 e. The van der Waals surface area contributed by atoms with Gasteiger partial charge in [0.2, 0.25) is 0 Å². The maximum absolute atomic E-state index is 5.16. The van der Waals surface area contributed by atoms with Gasteiger partial charge < -0.3 is 9.72 Å². The molecule has 2 fully saturated rings. The van der Waals surface area contributed by atoms with Crippen LogP contribution in [0.3, 0.4) is 0 Å². The first-order valence-corrected chi connectivity index (χ1v) is 9.36. The van der Waals surface area contributed by atoms with E-state index in [1.54, 1.807) is 7.11 Å². The van der Waals surface area contributed by atoms with Crippen molar-refractivity contribution in [1.29, 1.82) is 0 Å². The summed E-state index contributed by atoms with van der Waals surface area (Å²) < 4.78 is 5.16. The van der Waals surface area contributed by atoms with Crippen LogP contribution in [0.1, 0.15) is 36.2 Å². The quantitative estimate of drug-likeness (QED) is 0.712. The van der Waals surface area contributed by atoms with Gasteiger partial charge in [-0.1, -0.05) is 12.1 Å². The number of methoxy groups -OCH3 is 1. The molecule has 0 bridgehead atoms. The summed E-state index contributed by atoms with van der Waals surface area (Å²) in [5.74, 6) is 4.66. The lowest BCUT2D eigenvalue weighted by Crippen LogP contribution is -2.21. The van der Waals surface area contributed by atoms with Gasteiger partial charge in [-0.2, -0.15) is 5.10 Å². The summed E-state index contributed by atoms with van der Waals surface area (Å²) in [7, 11) is 1.68. The molecule has 26 heavy (non-hydrogen) atoms. The normalized spacial score (nSPS) is 23.9. The molecule has 1 saturated heterocycles. The zero-order chi connectivity index (χ0) is 17.5. The van der Waals surface area contributed by atoms with Crippen LogP contribution in [0.15, 0.2) is 24.3 Å². The zero-order valence-corrected chi connectivity index (χ0v) is 15.0. The molecule has 7 heteroatoms. The predicted octanol–water partition coefficient (Wildman–Crippen LogP) is 2.45. The lowest BCUT2D eigenvalue weighted by Gasteiger charge is -2.14. The Balaban J connectivity index is 1.34. The molecule has 1 aromatic carbocycles. The number of aromatic nitrogens is 5. The number of H-pyrrole nitrogens is 2. The Morgan fingerprint density at radius 2 is 2.04 bits per heavy atom. The topological polar surface area (TPSA) is 82.7 Å². The van der Waals surface area contributed by atoms with Gasteiger partial charge in [0.05, 0.1) is 17.6 Å². The molecule has 0 unspecified atom stereocenters. The summed E-state index contributed by atoms with van der Waals surface area (Å²) >= 11 is 0. The number of rotatable bonds is 6. The van der Waals surface area contributed by atoms with Crippen LogP contribution in [0.4, 0.5) is 0 Å². The van der Waals surface area contributed by atoms with Crippen LogP contribution in [0.25, 0.3) is 11.0 Å². The Morgan fingerprint density at radius 1 is 1.15 bits per heavy atom. The van der Waals surface area contributed by atoms with E-state index in [2.05, 4.69) is 37.2 Å². The number of para-hydroxylation sites is 2. The summed E-state index contributed by atoms with van der Waals surface area (Å²) in [4.78, 5) is 15.4. The lowest BCUT2D eigenvalue weighted by molar-refractivity contribution is 0.178. The molecule has 1 aliphatic carbocycles. The van der Waals surface area contributed by atoms with E-state index in [9.17, 15) is 0 Å². The van der Waals surface area contributed by atoms with Gasteiger partial charge in [0.1, 0.15) is 12.4 Å². The Bertz CT molecular complexity index is 865. The highest BCUT2D eigenvalue weighted by molar-refractivity contribution is 5.74. The fourth-order valence-electron chi connectivity index (χ4n) is 4.29. The van der Waals surface area contributed by atoms with Gasteiger partial charge in [-0.05, 0) is 36.8 Å². The van der Waals surface area contributed by atoms with Crippen LogP contribution in [-0.4, -0.2) is 50.2 Å². The fraction of sp³-hybridized carbons (Fsp3) is 0.526. The maximum atomic E-state index is 5.16. The van der Waals surface area contributed by atoms with Gasteiger partial charge in [-0.25, -0.2) is 9.97 Å². The van der Waals surface area contributed by atoms with Crippen LogP contribution < -0.4 is 0 Å². The van der Waals surface area contributed by atoms with Gasteiger partial charge >= 0.3 is 0 Å². The third-order valence-corrected chi connectivity index (χ3v) is 5.64. The van der Waals surface area contributed by atoms with E-state index in [1.165, 1.54) is 12.8 Å². The molecule has 2 aliphatic rings. The van der Waals surface area contributed by atoms with Gasteiger partial charge in [0.15, 0.2) is 11.6 Å². The number of aromatic amines is 2. The van der Waals surface area contributed by atoms with Gasteiger partial charge in [-0.3, -0.25) is 10.00 Å². The van der Waals surface area contributed by atoms with Crippen molar-refractivity contribution in [3.63, 3.8) is 0 Å². The van der Waals surface area contributed by atoms with Crippen molar-refractivity contribution in [1.82, 2.24) is 30.0 Å². The number of nitrogens with zero attached hydrogens (tertiary/aromatic N) is 4. The number of hydrogen-bond donors (Lipinski definition) is 2. The van der Waals surface area contributed by atoms with Crippen molar-refractivity contribution in [2.45, 2.75) is 31.9 Å². The van der Waals surface area contributed by atoms with Crippen LogP contribution >= 0.6 is 0 Å². The molecule has 0 spiro atoms. The van der Waals surface area contributed by atoms with E-state index < -0.39 is 0 Å². The SMILES string of the molecule is COCc1nc([C@H]2CN(Cc3nc4ccccc4[nH]3)C[C@@H]2C2CC2)n[nH]1. The number of fused-ring (bicyclic) bond motifs is 1. The predicted molar refractivity (Wildman–Crippen MR) is 97.4 cm³/mol. The van der Waals surface area contributed by atoms with Crippen molar-refractivity contribution < 1.29 is 4.74 Å². The summed E-state index contributed by atoms with van der Waals surface area (Å²) in [6.07, 6.45) is 2.68. The van der Waals surface area contributed by atoms with Gasteiger partial charge in [0.25, 0.3) is 0 Å². The van der Waals surface area contributed by atoms with Crippen LogP contribution in [0, 0.1) is 11.8 Å². The number of hydrogen-bond acceptors (Lipinski definition) is 5. The van der Waals surface area contributed by atoms with Crippen LogP contribution in [0.2, 0.25) is 0 Å². The van der Waals surface area contributed by atoms with Crippen molar-refractivity contribution in [2.75, 3.05) is 20.2 Å². The highest BCUT2D eigenvalue weighted by Gasteiger charge is 2.44. The fourth-order valence-corrected chi connectivity index (χ4v) is 4.29. The minimum absolute atomic E-state index is 0.397. The van der Waals surface area contributed by atoms with Crippen molar-refractivity contribution in [3.05, 3.63) is 41.7 Å². The Kier molecular flexibility index (Phi) is 3.98. The summed E-state index contributed by atoms with van der Waals surface area (Å²) in [6, 6.07) is 8.21. The molecule has 0 radical (unpaired) electrons. The maximum Gasteiger partial charge on any atom is 0.155 e. The highest BCUT2D eigenvalue weighted by atomic mass is 16.5. The number of imidazole rings is 1. The second-order valence-corrected chi connectivity index (χ2v) is 7.58. The van der Waals surface area contributed by atoms with E-state index >= 15 is 0 Å². The van der Waals surface area contributed by atoms with E-state index in [-0.39, 0.29) is 0 Å². The number of benzene rings is 1. The van der Waals surface area contributed by atoms with E-state index in [0.717, 1.165) is 54.1 Å². The zero-order valence-electron chi connectivity index (χ0n) is 15.0. The molecule has 7 nitrogen and oxygen atoms in total. The second-order valence-electron chi connectivity index (χ2n) is 7.58. The molecule has 2 aromatic heterocycles. The average Bonchev–Trinajstić information content (AvgIpc) is 3.05. The first-order chi connectivity index (χ1) is 12.8. The molecule has 136 valence electrons. The molecule has 1 aliphatic heterocycles. The Labute approximate surface area is 152 Å². The van der Waals surface area contributed by atoms with Crippen LogP contribution in [-0.2, 0) is 17.9 Å². The molecule has 3 aromatic rings. The Morgan fingerprint density at radius 3 is 2.85 bits per heavy atom. The summed E-state index contributed by atoms with van der Waals surface area (Å²) in [5, 5.41) is 7.51. The van der Waals surface area contributed by atoms with Crippen molar-refractivity contribution in [3.8, 4) is 0 Å². The molecule has 2 atom stereocenters. The van der Waals surface area contributed by atoms with Crippen molar-refractivity contribution in [2.24, 2.45) is 11.8 Å². The molecule has 2 N–H and O–H groups in total. The highest BCUT2D eigenvalue weighted by Crippen LogP contribution is 2.47. The monoisotopic (exact) mass is 352 g/mol. The van der Waals surface area contributed by atoms with E-state index in [0.29, 0.717) is 18.4 Å². The number of nitrogens with one attached hydrogen (secondary N) is 2. The molecule has 5 rings (SSSR count).